The van der Waals surface area contributed by atoms with Crippen molar-refractivity contribution >= 4 is 5.91 Å². The van der Waals surface area contributed by atoms with Crippen LogP contribution in [0, 0.1) is 0 Å². The second-order valence-corrected chi connectivity index (χ2v) is 4.38. The van der Waals surface area contributed by atoms with E-state index in [1.807, 2.05) is 4.90 Å². The first-order chi connectivity index (χ1) is 7.07. The predicted molar refractivity (Wildman–Crippen MR) is 62.5 cm³/mol. The Labute approximate surface area is 92.7 Å². The molecule has 3 heteroatoms. The monoisotopic (exact) mass is 210 g/mol. The summed E-state index contributed by atoms with van der Waals surface area (Å²) in [6, 6.07) is 0.370. The maximum Gasteiger partial charge on any atom is 0.269 e. The quantitative estimate of drug-likeness (QED) is 0.661. The first kappa shape index (κ1) is 12.1. The highest BCUT2D eigenvalue weighted by molar-refractivity contribution is 5.93. The van der Waals surface area contributed by atoms with Crippen molar-refractivity contribution in [1.29, 1.82) is 0 Å². The molecule has 1 aliphatic rings. The smallest absolute Gasteiger partial charge is 0.269 e. The normalized spacial score (nSPS) is 17.9. The van der Waals surface area contributed by atoms with Crippen molar-refractivity contribution in [3.05, 3.63) is 12.3 Å². The molecule has 0 atom stereocenters. The average Bonchev–Trinajstić information content (AvgIpc) is 2.20. The number of unbranched alkanes of at least 4 members (excludes halogenated alkanes) is 1. The molecule has 0 aromatic rings. The van der Waals surface area contributed by atoms with Gasteiger partial charge in [-0.2, -0.15) is 0 Å². The van der Waals surface area contributed by atoms with Crippen LogP contribution in [0.2, 0.25) is 0 Å². The minimum atomic E-state index is 0.114. The summed E-state index contributed by atoms with van der Waals surface area (Å²) in [4.78, 5) is 15.9. The number of hydrogen-bond acceptors (Lipinski definition) is 2. The molecule has 1 saturated heterocycles. The molecule has 1 heterocycles. The third-order valence-electron chi connectivity index (χ3n) is 2.90. The Morgan fingerprint density at radius 1 is 1.40 bits per heavy atom. The topological polar surface area (TPSA) is 23.6 Å². The largest absolute Gasteiger partial charge is 0.363 e. The summed E-state index contributed by atoms with van der Waals surface area (Å²) in [5.41, 5.74) is 0.660. The van der Waals surface area contributed by atoms with E-state index in [9.17, 15) is 4.79 Å². The molecule has 0 N–H and O–H groups in total. The lowest BCUT2D eigenvalue weighted by Gasteiger charge is -2.39. The second-order valence-electron chi connectivity index (χ2n) is 4.38. The molecule has 0 radical (unpaired) electrons. The standard InChI is InChI=1S/C12H22N2O/c1-5-6-7-13-8-9-14(10(2)3)11(4)12(13)15/h10H,4-9H2,1-3H3. The van der Waals surface area contributed by atoms with Gasteiger partial charge in [-0.3, -0.25) is 4.79 Å². The predicted octanol–water partition coefficient (Wildman–Crippen LogP) is 1.85. The van der Waals surface area contributed by atoms with E-state index in [2.05, 4.69) is 32.3 Å². The van der Waals surface area contributed by atoms with Gasteiger partial charge in [-0.1, -0.05) is 19.9 Å². The Bertz CT molecular complexity index is 248. The maximum absolute atomic E-state index is 11.9. The fourth-order valence-corrected chi connectivity index (χ4v) is 1.90. The maximum atomic E-state index is 11.9. The summed E-state index contributed by atoms with van der Waals surface area (Å²) in [5, 5.41) is 0. The van der Waals surface area contributed by atoms with Gasteiger partial charge >= 0.3 is 0 Å². The van der Waals surface area contributed by atoms with Crippen LogP contribution >= 0.6 is 0 Å². The van der Waals surface area contributed by atoms with Gasteiger partial charge in [-0.25, -0.2) is 0 Å². The molecule has 0 saturated carbocycles. The third kappa shape index (κ3) is 2.74. The molecule has 86 valence electrons. The summed E-state index contributed by atoms with van der Waals surface area (Å²) < 4.78 is 0. The molecule has 0 spiro atoms. The van der Waals surface area contributed by atoms with Crippen molar-refractivity contribution in [2.24, 2.45) is 0 Å². The molecular weight excluding hydrogens is 188 g/mol. The van der Waals surface area contributed by atoms with Gasteiger partial charge in [0.05, 0.1) is 5.70 Å². The summed E-state index contributed by atoms with van der Waals surface area (Å²) in [6.45, 7) is 12.9. The highest BCUT2D eigenvalue weighted by Crippen LogP contribution is 2.16. The summed E-state index contributed by atoms with van der Waals surface area (Å²) in [7, 11) is 0. The van der Waals surface area contributed by atoms with Crippen molar-refractivity contribution in [2.45, 2.75) is 39.7 Å². The SMILES string of the molecule is C=C1C(=O)N(CCCC)CCN1C(C)C. The molecule has 0 aliphatic carbocycles. The molecule has 1 aliphatic heterocycles. The van der Waals surface area contributed by atoms with Crippen molar-refractivity contribution < 1.29 is 4.79 Å². The molecular formula is C12H22N2O. The molecule has 15 heavy (non-hydrogen) atoms. The number of rotatable bonds is 4. The number of piperazine rings is 1. The van der Waals surface area contributed by atoms with Crippen LogP contribution in [0.3, 0.4) is 0 Å². The number of amides is 1. The van der Waals surface area contributed by atoms with Crippen molar-refractivity contribution in [1.82, 2.24) is 9.80 Å². The van der Waals surface area contributed by atoms with E-state index in [-0.39, 0.29) is 5.91 Å². The molecule has 1 rings (SSSR count). The van der Waals surface area contributed by atoms with Crippen molar-refractivity contribution in [2.75, 3.05) is 19.6 Å². The van der Waals surface area contributed by atoms with Gasteiger partial charge in [0.1, 0.15) is 0 Å². The fourth-order valence-electron chi connectivity index (χ4n) is 1.90. The zero-order chi connectivity index (χ0) is 11.4. The van der Waals surface area contributed by atoms with Crippen molar-refractivity contribution in [3.63, 3.8) is 0 Å². The van der Waals surface area contributed by atoms with Gasteiger partial charge in [-0.15, -0.1) is 0 Å². The summed E-state index contributed by atoms with van der Waals surface area (Å²) >= 11 is 0. The van der Waals surface area contributed by atoms with Crippen LogP contribution in [0.25, 0.3) is 0 Å². The van der Waals surface area contributed by atoms with Gasteiger partial charge < -0.3 is 9.80 Å². The Balaban J connectivity index is 2.57. The Morgan fingerprint density at radius 2 is 2.07 bits per heavy atom. The van der Waals surface area contributed by atoms with Crippen LogP contribution in [0.5, 0.6) is 0 Å². The molecule has 3 nitrogen and oxygen atoms in total. The summed E-state index contributed by atoms with van der Waals surface area (Å²) in [6.07, 6.45) is 2.21. The number of nitrogens with zero attached hydrogens (tertiary/aromatic N) is 2. The van der Waals surface area contributed by atoms with E-state index >= 15 is 0 Å². The van der Waals surface area contributed by atoms with Crippen LogP contribution in [0.15, 0.2) is 12.3 Å². The molecule has 1 amide bonds. The zero-order valence-corrected chi connectivity index (χ0v) is 10.1. The highest BCUT2D eigenvalue weighted by atomic mass is 16.2. The van der Waals surface area contributed by atoms with E-state index in [0.29, 0.717) is 11.7 Å². The molecule has 0 aromatic heterocycles. The number of carbonyl (C=O) groups is 1. The lowest BCUT2D eigenvalue weighted by molar-refractivity contribution is -0.132. The summed E-state index contributed by atoms with van der Waals surface area (Å²) in [5.74, 6) is 0.114. The third-order valence-corrected chi connectivity index (χ3v) is 2.90. The van der Waals surface area contributed by atoms with Gasteiger partial charge in [-0.05, 0) is 20.3 Å². The lowest BCUT2D eigenvalue weighted by Crippen LogP contribution is -2.50. The van der Waals surface area contributed by atoms with Crippen LogP contribution in [-0.4, -0.2) is 41.4 Å². The Hall–Kier alpha value is -0.990. The Kier molecular flexibility index (Phi) is 4.18. The Morgan fingerprint density at radius 3 is 2.60 bits per heavy atom. The molecule has 1 fully saturated rings. The van der Waals surface area contributed by atoms with Gasteiger partial charge in [0.2, 0.25) is 0 Å². The van der Waals surface area contributed by atoms with E-state index in [4.69, 9.17) is 0 Å². The van der Waals surface area contributed by atoms with Crippen LogP contribution in [0.4, 0.5) is 0 Å². The molecule has 0 bridgehead atoms. The van der Waals surface area contributed by atoms with Gasteiger partial charge in [0.25, 0.3) is 5.91 Å². The minimum absolute atomic E-state index is 0.114. The van der Waals surface area contributed by atoms with E-state index in [1.54, 1.807) is 0 Å². The van der Waals surface area contributed by atoms with Gasteiger partial charge in [0.15, 0.2) is 0 Å². The first-order valence-corrected chi connectivity index (χ1v) is 5.82. The number of hydrogen-bond donors (Lipinski definition) is 0. The molecule has 0 unspecified atom stereocenters. The first-order valence-electron chi connectivity index (χ1n) is 5.82. The fraction of sp³-hybridized carbons (Fsp3) is 0.750. The van der Waals surface area contributed by atoms with Crippen LogP contribution in [0.1, 0.15) is 33.6 Å². The lowest BCUT2D eigenvalue weighted by atomic mass is 10.2. The van der Waals surface area contributed by atoms with E-state index < -0.39 is 0 Å². The second kappa shape index (κ2) is 5.19. The van der Waals surface area contributed by atoms with Crippen LogP contribution in [-0.2, 0) is 4.79 Å². The van der Waals surface area contributed by atoms with Crippen LogP contribution < -0.4 is 0 Å². The highest BCUT2D eigenvalue weighted by Gasteiger charge is 2.27. The average molecular weight is 210 g/mol. The zero-order valence-electron chi connectivity index (χ0n) is 10.1. The van der Waals surface area contributed by atoms with E-state index in [1.165, 1.54) is 0 Å². The van der Waals surface area contributed by atoms with Crippen molar-refractivity contribution in [3.8, 4) is 0 Å². The minimum Gasteiger partial charge on any atom is -0.363 e. The van der Waals surface area contributed by atoms with Gasteiger partial charge in [0, 0.05) is 25.7 Å². The molecule has 0 aromatic carbocycles. The van der Waals surface area contributed by atoms with E-state index in [0.717, 1.165) is 32.5 Å². The number of carbonyl (C=O) groups excluding carboxylic acids is 1.